The van der Waals surface area contributed by atoms with Gasteiger partial charge in [0.25, 0.3) is 0 Å². The van der Waals surface area contributed by atoms with Gasteiger partial charge in [-0.1, -0.05) is 50.6 Å². The van der Waals surface area contributed by atoms with Crippen molar-refractivity contribution in [2.75, 3.05) is 0 Å². The Bertz CT molecular complexity index is 498. The number of carbonyl (C=O) groups is 1. The Morgan fingerprint density at radius 2 is 2.00 bits per heavy atom. The summed E-state index contributed by atoms with van der Waals surface area (Å²) in [6.45, 7) is 10.7. The van der Waals surface area contributed by atoms with E-state index in [4.69, 9.17) is 0 Å². The van der Waals surface area contributed by atoms with Crippen LogP contribution < -0.4 is 5.32 Å². The molecule has 2 rings (SSSR count). The topological polar surface area (TPSA) is 32.3 Å². The van der Waals surface area contributed by atoms with Crippen LogP contribution in [0.15, 0.2) is 24.3 Å². The molecule has 0 radical (unpaired) electrons. The molecule has 3 unspecified atom stereocenters. The molecule has 3 nitrogen and oxygen atoms in total. The lowest BCUT2D eigenvalue weighted by molar-refractivity contribution is -0.132. The van der Waals surface area contributed by atoms with Gasteiger partial charge in [-0.3, -0.25) is 10.1 Å². The maximum absolute atomic E-state index is 12.8. The summed E-state index contributed by atoms with van der Waals surface area (Å²) in [6, 6.07) is 8.67. The molecule has 21 heavy (non-hydrogen) atoms. The highest BCUT2D eigenvalue weighted by Crippen LogP contribution is 2.30. The summed E-state index contributed by atoms with van der Waals surface area (Å²) in [5, 5.41) is 3.56. The number of hydrogen-bond donors (Lipinski definition) is 1. The number of rotatable bonds is 5. The zero-order chi connectivity index (χ0) is 15.6. The maximum Gasteiger partial charge on any atom is 0.241 e. The third kappa shape index (κ3) is 3.46. The zero-order valence-corrected chi connectivity index (χ0v) is 13.9. The van der Waals surface area contributed by atoms with E-state index in [0.717, 1.165) is 12.8 Å². The van der Waals surface area contributed by atoms with Gasteiger partial charge >= 0.3 is 0 Å². The highest BCUT2D eigenvalue weighted by atomic mass is 16.2. The van der Waals surface area contributed by atoms with Crippen LogP contribution in [0.2, 0.25) is 0 Å². The van der Waals surface area contributed by atoms with Crippen LogP contribution in [0.1, 0.15) is 57.8 Å². The molecule has 0 saturated carbocycles. The first-order valence-electron chi connectivity index (χ1n) is 8.08. The third-order valence-electron chi connectivity index (χ3n) is 4.32. The van der Waals surface area contributed by atoms with E-state index in [2.05, 4.69) is 64.2 Å². The van der Waals surface area contributed by atoms with Gasteiger partial charge in [0.1, 0.15) is 6.17 Å². The van der Waals surface area contributed by atoms with Crippen LogP contribution in [0.25, 0.3) is 0 Å². The molecule has 1 heterocycles. The van der Waals surface area contributed by atoms with E-state index in [-0.39, 0.29) is 24.2 Å². The van der Waals surface area contributed by atoms with Crippen LogP contribution in [0.3, 0.4) is 0 Å². The summed E-state index contributed by atoms with van der Waals surface area (Å²) < 4.78 is 0. The van der Waals surface area contributed by atoms with Gasteiger partial charge in [-0.05, 0) is 38.2 Å². The number of aryl methyl sites for hydroxylation is 1. The molecule has 1 aromatic carbocycles. The Morgan fingerprint density at radius 3 is 2.57 bits per heavy atom. The number of benzene rings is 1. The second-order valence-corrected chi connectivity index (χ2v) is 6.67. The number of amides is 1. The van der Waals surface area contributed by atoms with Crippen LogP contribution in [0.4, 0.5) is 0 Å². The number of carbonyl (C=O) groups excluding carboxylic acids is 1. The first kappa shape index (κ1) is 16.0. The van der Waals surface area contributed by atoms with E-state index < -0.39 is 0 Å². The van der Waals surface area contributed by atoms with Crippen molar-refractivity contribution in [3.63, 3.8) is 0 Å². The number of nitrogens with zero attached hydrogens (tertiary/aromatic N) is 1. The van der Waals surface area contributed by atoms with Gasteiger partial charge in [0.2, 0.25) is 5.91 Å². The minimum absolute atomic E-state index is 0.0103. The van der Waals surface area contributed by atoms with Gasteiger partial charge < -0.3 is 4.90 Å². The second-order valence-electron chi connectivity index (χ2n) is 6.67. The largest absolute Gasteiger partial charge is 0.319 e. The summed E-state index contributed by atoms with van der Waals surface area (Å²) in [5.41, 5.74) is 2.42. The van der Waals surface area contributed by atoms with Crippen LogP contribution in [0.5, 0.6) is 0 Å². The molecular formula is C18H28N2O. The Labute approximate surface area is 128 Å². The number of hydrogen-bond acceptors (Lipinski definition) is 2. The molecule has 1 fully saturated rings. The lowest BCUT2D eigenvalue weighted by Gasteiger charge is -2.30. The molecule has 1 N–H and O–H groups in total. The van der Waals surface area contributed by atoms with Crippen molar-refractivity contribution >= 4 is 5.91 Å². The maximum atomic E-state index is 12.8. The van der Waals surface area contributed by atoms with E-state index in [9.17, 15) is 4.79 Å². The van der Waals surface area contributed by atoms with Crippen molar-refractivity contribution in [1.82, 2.24) is 10.2 Å². The summed E-state index contributed by atoms with van der Waals surface area (Å²) in [6.07, 6.45) is 1.88. The first-order chi connectivity index (χ1) is 9.93. The molecule has 1 aliphatic rings. The predicted octanol–water partition coefficient (Wildman–Crippen LogP) is 3.64. The minimum atomic E-state index is -0.0514. The predicted molar refractivity (Wildman–Crippen MR) is 86.9 cm³/mol. The number of nitrogens with one attached hydrogen (secondary N) is 1. The molecule has 1 amide bonds. The quantitative estimate of drug-likeness (QED) is 0.897. The van der Waals surface area contributed by atoms with Gasteiger partial charge in [0.15, 0.2) is 0 Å². The van der Waals surface area contributed by atoms with Gasteiger partial charge in [-0.2, -0.15) is 0 Å². The van der Waals surface area contributed by atoms with Gasteiger partial charge in [0.05, 0.1) is 6.04 Å². The second kappa shape index (κ2) is 6.61. The average molecular weight is 288 g/mol. The summed E-state index contributed by atoms with van der Waals surface area (Å²) in [5.74, 6) is 0.769. The monoisotopic (exact) mass is 288 g/mol. The molecule has 1 aromatic rings. The van der Waals surface area contributed by atoms with E-state index in [1.165, 1.54) is 11.1 Å². The van der Waals surface area contributed by atoms with Crippen LogP contribution in [-0.4, -0.2) is 22.9 Å². The fraction of sp³-hybridized carbons (Fsp3) is 0.611. The summed E-state index contributed by atoms with van der Waals surface area (Å²) in [7, 11) is 0. The fourth-order valence-electron chi connectivity index (χ4n) is 3.06. The Morgan fingerprint density at radius 1 is 1.29 bits per heavy atom. The van der Waals surface area contributed by atoms with E-state index in [1.54, 1.807) is 0 Å². The smallest absolute Gasteiger partial charge is 0.241 e. The molecule has 0 bridgehead atoms. The van der Waals surface area contributed by atoms with Crippen LogP contribution in [0, 0.1) is 12.8 Å². The average Bonchev–Trinajstić information content (AvgIpc) is 2.75. The standard InChI is InChI=1S/C18H28N2O/c1-6-14(5)20-17(15-9-7-8-13(4)11-15)19-16(18(20)21)10-12(2)3/h7-9,11-12,14,16-17,19H,6,10H2,1-5H3. The Hall–Kier alpha value is -1.35. The molecular weight excluding hydrogens is 260 g/mol. The van der Waals surface area contributed by atoms with Gasteiger partial charge in [0, 0.05) is 6.04 Å². The molecule has 0 aromatic heterocycles. The lowest BCUT2D eigenvalue weighted by atomic mass is 10.0. The molecule has 0 spiro atoms. The third-order valence-corrected chi connectivity index (χ3v) is 4.32. The molecule has 0 aliphatic carbocycles. The van der Waals surface area contributed by atoms with E-state index in [1.807, 2.05) is 4.90 Å². The first-order valence-corrected chi connectivity index (χ1v) is 8.08. The highest BCUT2D eigenvalue weighted by Gasteiger charge is 2.41. The zero-order valence-electron chi connectivity index (χ0n) is 13.9. The molecule has 3 atom stereocenters. The molecule has 1 saturated heterocycles. The van der Waals surface area contributed by atoms with E-state index >= 15 is 0 Å². The van der Waals surface area contributed by atoms with Gasteiger partial charge in [-0.25, -0.2) is 0 Å². The van der Waals surface area contributed by atoms with Crippen LogP contribution in [-0.2, 0) is 4.79 Å². The van der Waals surface area contributed by atoms with Gasteiger partial charge in [-0.15, -0.1) is 0 Å². The van der Waals surface area contributed by atoms with Crippen LogP contribution >= 0.6 is 0 Å². The summed E-state index contributed by atoms with van der Waals surface area (Å²) in [4.78, 5) is 14.8. The van der Waals surface area contributed by atoms with Crippen molar-refractivity contribution in [2.45, 2.75) is 65.7 Å². The Balaban J connectivity index is 2.30. The van der Waals surface area contributed by atoms with Crippen molar-refractivity contribution < 1.29 is 4.79 Å². The fourth-order valence-corrected chi connectivity index (χ4v) is 3.06. The van der Waals surface area contributed by atoms with E-state index in [0.29, 0.717) is 5.92 Å². The molecule has 3 heteroatoms. The molecule has 116 valence electrons. The van der Waals surface area contributed by atoms with Crippen molar-refractivity contribution in [3.8, 4) is 0 Å². The highest BCUT2D eigenvalue weighted by molar-refractivity contribution is 5.84. The van der Waals surface area contributed by atoms with Crippen molar-refractivity contribution in [2.24, 2.45) is 5.92 Å². The normalized spacial score (nSPS) is 23.9. The minimum Gasteiger partial charge on any atom is -0.319 e. The lowest BCUT2D eigenvalue weighted by Crippen LogP contribution is -2.38. The SMILES string of the molecule is CCC(C)N1C(=O)C(CC(C)C)NC1c1cccc(C)c1. The summed E-state index contributed by atoms with van der Waals surface area (Å²) >= 11 is 0. The molecule has 1 aliphatic heterocycles. The van der Waals surface area contributed by atoms with Crippen molar-refractivity contribution in [3.05, 3.63) is 35.4 Å². The van der Waals surface area contributed by atoms with Crippen molar-refractivity contribution in [1.29, 1.82) is 0 Å². The Kier molecular flexibility index (Phi) is 5.04.